The molecule has 11 nitrogen and oxygen atoms in total. The lowest BCUT2D eigenvalue weighted by Crippen LogP contribution is -2.57. The number of carbonyl (C=O) groups is 5. The van der Waals surface area contributed by atoms with Crippen molar-refractivity contribution >= 4 is 29.6 Å². The standard InChI is InChI=1S/C38H49N5O6/c1-38(2,3)24-33(44)41-29(21-26-13-7-4-8-14-26)25-40-32(23-28-17-11-6-12-18-28)37(49)42-30(19-20-34(45)46)36(48)43-31(35(39)47)22-27-15-9-5-10-16-27/h4-18,29-32,40H,19-25H2,1-3H3,(H2,39,47)(H,41,44)(H,42,49)(H,43,48)(H,45,46)/t29-,30-,31-,32-/m0/s1. The van der Waals surface area contributed by atoms with E-state index in [1.54, 1.807) is 24.3 Å². The van der Waals surface area contributed by atoms with Crippen molar-refractivity contribution in [2.24, 2.45) is 11.1 Å². The highest BCUT2D eigenvalue weighted by molar-refractivity contribution is 5.93. The SMILES string of the molecule is CC(C)(C)CC(=O)N[C@H](CN[C@@H](Cc1ccccc1)C(=O)N[C@@H](CCC(=O)O)C(=O)N[C@@H](Cc1ccccc1)C(N)=O)Cc1ccccc1. The second-order valence-electron chi connectivity index (χ2n) is 13.5. The third-order valence-corrected chi connectivity index (χ3v) is 7.81. The average Bonchev–Trinajstić information content (AvgIpc) is 3.04. The molecule has 3 aromatic carbocycles. The molecular formula is C38H49N5O6. The van der Waals surface area contributed by atoms with Crippen LogP contribution in [0.1, 0.15) is 56.7 Å². The third-order valence-electron chi connectivity index (χ3n) is 7.81. The molecule has 0 spiro atoms. The van der Waals surface area contributed by atoms with Crippen molar-refractivity contribution in [3.63, 3.8) is 0 Å². The summed E-state index contributed by atoms with van der Waals surface area (Å²) < 4.78 is 0. The van der Waals surface area contributed by atoms with Gasteiger partial charge in [-0.05, 0) is 41.4 Å². The maximum Gasteiger partial charge on any atom is 0.303 e. The van der Waals surface area contributed by atoms with Crippen LogP contribution in [0.2, 0.25) is 0 Å². The zero-order chi connectivity index (χ0) is 35.8. The summed E-state index contributed by atoms with van der Waals surface area (Å²) in [5.74, 6) is -3.26. The van der Waals surface area contributed by atoms with Crippen molar-refractivity contribution in [2.45, 2.75) is 83.5 Å². The Balaban J connectivity index is 1.81. The van der Waals surface area contributed by atoms with Gasteiger partial charge in [-0.15, -0.1) is 0 Å². The summed E-state index contributed by atoms with van der Waals surface area (Å²) in [6, 6.07) is 24.5. The number of hydrogen-bond donors (Lipinski definition) is 6. The van der Waals surface area contributed by atoms with E-state index in [0.717, 1.165) is 16.7 Å². The molecule has 11 heteroatoms. The predicted molar refractivity (Wildman–Crippen MR) is 188 cm³/mol. The molecule has 0 radical (unpaired) electrons. The summed E-state index contributed by atoms with van der Waals surface area (Å²) in [5.41, 5.74) is 8.03. The van der Waals surface area contributed by atoms with E-state index >= 15 is 0 Å². The molecule has 0 fully saturated rings. The normalized spacial score (nSPS) is 13.7. The summed E-state index contributed by atoms with van der Waals surface area (Å²) in [5, 5.41) is 21.2. The molecule has 3 rings (SSSR count). The van der Waals surface area contributed by atoms with Crippen molar-refractivity contribution in [1.82, 2.24) is 21.3 Å². The molecule has 0 aromatic heterocycles. The van der Waals surface area contributed by atoms with E-state index < -0.39 is 48.2 Å². The Hall–Kier alpha value is -5.03. The first-order valence-corrected chi connectivity index (χ1v) is 16.6. The number of carboxylic acids is 1. The number of primary amides is 1. The summed E-state index contributed by atoms with van der Waals surface area (Å²) >= 11 is 0. The van der Waals surface area contributed by atoms with Gasteiger partial charge in [-0.25, -0.2) is 0 Å². The highest BCUT2D eigenvalue weighted by Gasteiger charge is 2.30. The second-order valence-corrected chi connectivity index (χ2v) is 13.5. The van der Waals surface area contributed by atoms with Crippen molar-refractivity contribution in [3.8, 4) is 0 Å². The second kappa shape index (κ2) is 19.1. The molecule has 4 atom stereocenters. The number of nitrogens with two attached hydrogens (primary N) is 1. The van der Waals surface area contributed by atoms with Gasteiger partial charge in [0.25, 0.3) is 0 Å². The summed E-state index contributed by atoms with van der Waals surface area (Å²) in [6.07, 6.45) is 0.622. The van der Waals surface area contributed by atoms with Gasteiger partial charge in [0.05, 0.1) is 6.04 Å². The number of carbonyl (C=O) groups excluding carboxylic acids is 4. The van der Waals surface area contributed by atoms with E-state index in [0.29, 0.717) is 12.8 Å². The van der Waals surface area contributed by atoms with Crippen molar-refractivity contribution in [3.05, 3.63) is 108 Å². The van der Waals surface area contributed by atoms with Crippen LogP contribution in [0.25, 0.3) is 0 Å². The van der Waals surface area contributed by atoms with Crippen LogP contribution in [0.3, 0.4) is 0 Å². The van der Waals surface area contributed by atoms with Gasteiger partial charge in [-0.3, -0.25) is 24.0 Å². The largest absolute Gasteiger partial charge is 0.481 e. The minimum Gasteiger partial charge on any atom is -0.481 e. The zero-order valence-corrected chi connectivity index (χ0v) is 28.5. The molecule has 0 aliphatic rings. The molecular weight excluding hydrogens is 622 g/mol. The Morgan fingerprint density at radius 1 is 0.653 bits per heavy atom. The lowest BCUT2D eigenvalue weighted by atomic mass is 9.91. The zero-order valence-electron chi connectivity index (χ0n) is 28.5. The minimum absolute atomic E-state index is 0.107. The first kappa shape index (κ1) is 38.4. The van der Waals surface area contributed by atoms with Gasteiger partial charge >= 0.3 is 5.97 Å². The Bertz CT molecular complexity index is 1510. The number of aliphatic carboxylic acids is 1. The maximum absolute atomic E-state index is 13.9. The lowest BCUT2D eigenvalue weighted by Gasteiger charge is -2.27. The van der Waals surface area contributed by atoms with E-state index in [9.17, 15) is 29.1 Å². The van der Waals surface area contributed by atoms with Gasteiger partial charge in [0.2, 0.25) is 23.6 Å². The molecule has 4 amide bonds. The first-order valence-electron chi connectivity index (χ1n) is 16.6. The third kappa shape index (κ3) is 14.7. The minimum atomic E-state index is -1.26. The highest BCUT2D eigenvalue weighted by Crippen LogP contribution is 2.18. The molecule has 3 aromatic rings. The number of rotatable bonds is 19. The van der Waals surface area contributed by atoms with E-state index in [2.05, 4.69) is 21.3 Å². The van der Waals surface area contributed by atoms with Gasteiger partial charge in [0.1, 0.15) is 12.1 Å². The van der Waals surface area contributed by atoms with Crippen LogP contribution in [0, 0.1) is 5.41 Å². The average molecular weight is 672 g/mol. The predicted octanol–water partition coefficient (Wildman–Crippen LogP) is 2.91. The van der Waals surface area contributed by atoms with E-state index in [4.69, 9.17) is 5.73 Å². The highest BCUT2D eigenvalue weighted by atomic mass is 16.4. The fourth-order valence-corrected chi connectivity index (χ4v) is 5.38. The molecule has 7 N–H and O–H groups in total. The van der Waals surface area contributed by atoms with Gasteiger partial charge < -0.3 is 32.1 Å². The van der Waals surface area contributed by atoms with Crippen molar-refractivity contribution < 1.29 is 29.1 Å². The number of hydrogen-bond acceptors (Lipinski definition) is 6. The molecule has 0 unspecified atom stereocenters. The quantitative estimate of drug-likeness (QED) is 0.113. The van der Waals surface area contributed by atoms with E-state index in [1.165, 1.54) is 0 Å². The van der Waals surface area contributed by atoms with Crippen LogP contribution in [-0.2, 0) is 43.2 Å². The van der Waals surface area contributed by atoms with Gasteiger partial charge in [-0.2, -0.15) is 0 Å². The molecule has 262 valence electrons. The Kier molecular flexibility index (Phi) is 15.0. The maximum atomic E-state index is 13.9. The fourth-order valence-electron chi connectivity index (χ4n) is 5.38. The van der Waals surface area contributed by atoms with E-state index in [-0.39, 0.29) is 43.2 Å². The molecule has 0 aliphatic heterocycles. The molecule has 49 heavy (non-hydrogen) atoms. The summed E-state index contributed by atoms with van der Waals surface area (Å²) in [7, 11) is 0. The van der Waals surface area contributed by atoms with E-state index in [1.807, 2.05) is 87.5 Å². The summed E-state index contributed by atoms with van der Waals surface area (Å²) in [4.78, 5) is 64.2. The topological polar surface area (TPSA) is 180 Å². The number of nitrogens with one attached hydrogen (secondary N) is 4. The van der Waals surface area contributed by atoms with Gasteiger partial charge in [0, 0.05) is 31.8 Å². The van der Waals surface area contributed by atoms with Gasteiger partial charge in [-0.1, -0.05) is 112 Å². The van der Waals surface area contributed by atoms with Crippen LogP contribution in [0.15, 0.2) is 91.0 Å². The number of carboxylic acid groups (broad SMARTS) is 1. The van der Waals surface area contributed by atoms with Crippen LogP contribution in [0.5, 0.6) is 0 Å². The Morgan fingerprint density at radius 2 is 1.10 bits per heavy atom. The summed E-state index contributed by atoms with van der Waals surface area (Å²) in [6.45, 7) is 6.20. The number of amides is 4. The van der Waals surface area contributed by atoms with Crippen molar-refractivity contribution in [1.29, 1.82) is 0 Å². The Labute approximate surface area is 288 Å². The molecule has 0 heterocycles. The molecule has 0 saturated heterocycles. The molecule has 0 saturated carbocycles. The first-order chi connectivity index (χ1) is 23.3. The smallest absolute Gasteiger partial charge is 0.303 e. The molecule has 0 bridgehead atoms. The fraction of sp³-hybridized carbons (Fsp3) is 0.395. The molecule has 0 aliphatic carbocycles. The van der Waals surface area contributed by atoms with Crippen molar-refractivity contribution in [2.75, 3.05) is 6.54 Å². The van der Waals surface area contributed by atoms with Gasteiger partial charge in [0.15, 0.2) is 0 Å². The van der Waals surface area contributed by atoms with Crippen LogP contribution >= 0.6 is 0 Å². The van der Waals surface area contributed by atoms with Crippen LogP contribution < -0.4 is 27.0 Å². The Morgan fingerprint density at radius 3 is 1.57 bits per heavy atom. The van der Waals surface area contributed by atoms with Crippen LogP contribution in [-0.4, -0.2) is 65.4 Å². The van der Waals surface area contributed by atoms with Crippen LogP contribution in [0.4, 0.5) is 0 Å². The lowest BCUT2D eigenvalue weighted by molar-refractivity contribution is -0.138. The number of benzene rings is 3. The monoisotopic (exact) mass is 671 g/mol.